The number of rotatable bonds is 10. The van der Waals surface area contributed by atoms with Crippen molar-refractivity contribution in [3.63, 3.8) is 0 Å². The Morgan fingerprint density at radius 2 is 1.75 bits per heavy atom. The summed E-state index contributed by atoms with van der Waals surface area (Å²) in [6.07, 6.45) is 2.83. The molecule has 0 spiro atoms. The van der Waals surface area contributed by atoms with Gasteiger partial charge in [0.15, 0.2) is 5.96 Å². The average molecular weight is 511 g/mol. The van der Waals surface area contributed by atoms with E-state index < -0.39 is 0 Å². The number of hydrogen-bond acceptors (Lipinski definition) is 4. The van der Waals surface area contributed by atoms with Crippen molar-refractivity contribution in [3.05, 3.63) is 0 Å². The molecule has 0 aromatic heterocycles. The predicted molar refractivity (Wildman–Crippen MR) is 127 cm³/mol. The van der Waals surface area contributed by atoms with E-state index in [1.807, 2.05) is 13.8 Å². The van der Waals surface area contributed by atoms with Gasteiger partial charge >= 0.3 is 0 Å². The van der Waals surface area contributed by atoms with Gasteiger partial charge in [0, 0.05) is 51.9 Å². The highest BCUT2D eigenvalue weighted by Gasteiger charge is 2.27. The highest BCUT2D eigenvalue weighted by Crippen LogP contribution is 2.30. The highest BCUT2D eigenvalue weighted by atomic mass is 127. The molecule has 0 radical (unpaired) electrons. The van der Waals surface area contributed by atoms with Crippen LogP contribution in [-0.4, -0.2) is 85.2 Å². The number of guanidine groups is 1. The molecule has 0 atom stereocenters. The minimum atomic E-state index is 0. The quantitative estimate of drug-likeness (QED) is 0.237. The van der Waals surface area contributed by atoms with Gasteiger partial charge in [-0.3, -0.25) is 14.7 Å². The summed E-state index contributed by atoms with van der Waals surface area (Å²) in [4.78, 5) is 21.4. The maximum Gasteiger partial charge on any atom is 0.234 e. The van der Waals surface area contributed by atoms with Crippen LogP contribution in [0.4, 0.5) is 0 Å². The minimum absolute atomic E-state index is 0. The largest absolute Gasteiger partial charge is 0.396 e. The number of amides is 1. The van der Waals surface area contributed by atoms with E-state index in [9.17, 15) is 9.90 Å². The molecule has 1 fully saturated rings. The van der Waals surface area contributed by atoms with Gasteiger partial charge in [-0.25, -0.2) is 0 Å². The molecule has 28 heavy (non-hydrogen) atoms. The number of halogens is 1. The van der Waals surface area contributed by atoms with Gasteiger partial charge < -0.3 is 20.6 Å². The van der Waals surface area contributed by atoms with Gasteiger partial charge in [-0.15, -0.1) is 24.0 Å². The van der Waals surface area contributed by atoms with Crippen molar-refractivity contribution in [2.24, 2.45) is 10.4 Å². The molecule has 1 amide bonds. The van der Waals surface area contributed by atoms with Gasteiger partial charge in [-0.2, -0.15) is 0 Å². The monoisotopic (exact) mass is 511 g/mol. The van der Waals surface area contributed by atoms with Crippen LogP contribution in [0.2, 0.25) is 0 Å². The average Bonchev–Trinajstić information content (AvgIpc) is 2.64. The maximum atomic E-state index is 12.0. The summed E-state index contributed by atoms with van der Waals surface area (Å²) in [6, 6.07) is 0.183. The zero-order valence-electron chi connectivity index (χ0n) is 18.5. The summed E-state index contributed by atoms with van der Waals surface area (Å²) in [7, 11) is 0. The molecular formula is C20H42IN5O2. The topological polar surface area (TPSA) is 80.2 Å². The molecule has 1 aliphatic rings. The lowest BCUT2D eigenvalue weighted by atomic mass is 9.79. The van der Waals surface area contributed by atoms with Gasteiger partial charge in [-0.1, -0.05) is 13.8 Å². The standard InChI is InChI=1S/C20H41N5O2.HI/c1-6-20(7-2,9-14-26)16-22-19(21-8-3)25-12-10-24(11-13-25)15-18(27)23-17(4)5;/h17,26H,6-16H2,1-5H3,(H,21,22)(H,23,27);1H. The molecule has 1 rings (SSSR count). The van der Waals surface area contributed by atoms with Crippen molar-refractivity contribution < 1.29 is 9.90 Å². The molecule has 7 nitrogen and oxygen atoms in total. The zero-order chi connectivity index (χ0) is 20.3. The summed E-state index contributed by atoms with van der Waals surface area (Å²) in [5.74, 6) is 1.05. The Labute approximate surface area is 188 Å². The third kappa shape index (κ3) is 9.26. The van der Waals surface area contributed by atoms with Crippen molar-refractivity contribution >= 4 is 35.8 Å². The third-order valence-electron chi connectivity index (χ3n) is 5.53. The Bertz CT molecular complexity index is 462. The van der Waals surface area contributed by atoms with Crippen LogP contribution in [0.1, 0.15) is 53.9 Å². The molecule has 166 valence electrons. The van der Waals surface area contributed by atoms with Crippen LogP contribution in [0.5, 0.6) is 0 Å². The Kier molecular flexibility index (Phi) is 14.1. The molecular weight excluding hydrogens is 469 g/mol. The van der Waals surface area contributed by atoms with Crippen LogP contribution in [-0.2, 0) is 4.79 Å². The van der Waals surface area contributed by atoms with Crippen LogP contribution in [0.3, 0.4) is 0 Å². The van der Waals surface area contributed by atoms with Crippen molar-refractivity contribution in [2.75, 3.05) is 52.4 Å². The van der Waals surface area contributed by atoms with E-state index in [0.717, 1.165) is 64.5 Å². The number of aliphatic hydroxyl groups excluding tert-OH is 1. The summed E-state index contributed by atoms with van der Waals surface area (Å²) >= 11 is 0. The lowest BCUT2D eigenvalue weighted by molar-refractivity contribution is -0.123. The second-order valence-electron chi connectivity index (χ2n) is 7.84. The molecule has 0 aromatic carbocycles. The summed E-state index contributed by atoms with van der Waals surface area (Å²) in [5.41, 5.74) is 0.0756. The number of aliphatic hydroxyl groups is 1. The maximum absolute atomic E-state index is 12.0. The zero-order valence-corrected chi connectivity index (χ0v) is 20.8. The lowest BCUT2D eigenvalue weighted by Gasteiger charge is -2.37. The summed E-state index contributed by atoms with van der Waals surface area (Å²) in [5, 5.41) is 15.8. The fourth-order valence-electron chi connectivity index (χ4n) is 3.50. The molecule has 1 heterocycles. The number of nitrogens with one attached hydrogen (secondary N) is 2. The molecule has 0 aliphatic carbocycles. The fourth-order valence-corrected chi connectivity index (χ4v) is 3.50. The molecule has 0 unspecified atom stereocenters. The van der Waals surface area contributed by atoms with Crippen LogP contribution in [0.15, 0.2) is 4.99 Å². The van der Waals surface area contributed by atoms with Gasteiger partial charge in [0.2, 0.25) is 5.91 Å². The van der Waals surface area contributed by atoms with Gasteiger partial charge in [0.25, 0.3) is 0 Å². The van der Waals surface area contributed by atoms with Gasteiger partial charge in [0.05, 0.1) is 6.54 Å². The van der Waals surface area contributed by atoms with E-state index in [0.29, 0.717) is 6.54 Å². The van der Waals surface area contributed by atoms with Crippen molar-refractivity contribution in [2.45, 2.75) is 59.9 Å². The SMILES string of the molecule is CCNC(=NCC(CC)(CC)CCO)N1CCN(CC(=O)NC(C)C)CC1.I. The fraction of sp³-hybridized carbons (Fsp3) is 0.900. The highest BCUT2D eigenvalue weighted by molar-refractivity contribution is 14.0. The smallest absolute Gasteiger partial charge is 0.234 e. The first kappa shape index (κ1) is 27.4. The number of aliphatic imine (C=N–C) groups is 1. The normalized spacial score (nSPS) is 16.1. The Hall–Kier alpha value is -0.610. The van der Waals surface area contributed by atoms with Gasteiger partial charge in [-0.05, 0) is 45.4 Å². The van der Waals surface area contributed by atoms with Crippen molar-refractivity contribution in [1.29, 1.82) is 0 Å². The van der Waals surface area contributed by atoms with E-state index in [1.165, 1.54) is 0 Å². The van der Waals surface area contributed by atoms with Crippen LogP contribution in [0, 0.1) is 5.41 Å². The molecule has 0 bridgehead atoms. The number of carbonyl (C=O) groups excluding carboxylic acids is 1. The Morgan fingerprint density at radius 3 is 2.21 bits per heavy atom. The second kappa shape index (κ2) is 14.4. The predicted octanol–water partition coefficient (Wildman–Crippen LogP) is 1.90. The molecule has 8 heteroatoms. The number of piperazine rings is 1. The third-order valence-corrected chi connectivity index (χ3v) is 5.53. The first-order chi connectivity index (χ1) is 12.9. The number of nitrogens with zero attached hydrogens (tertiary/aromatic N) is 3. The first-order valence-corrected chi connectivity index (χ1v) is 10.6. The lowest BCUT2D eigenvalue weighted by Crippen LogP contribution is -2.54. The van der Waals surface area contributed by atoms with Gasteiger partial charge in [0.1, 0.15) is 0 Å². The van der Waals surface area contributed by atoms with E-state index in [2.05, 4.69) is 41.2 Å². The molecule has 0 saturated carbocycles. The van der Waals surface area contributed by atoms with Crippen LogP contribution in [0.25, 0.3) is 0 Å². The minimum Gasteiger partial charge on any atom is -0.396 e. The summed E-state index contributed by atoms with van der Waals surface area (Å²) in [6.45, 7) is 16.1. The Morgan fingerprint density at radius 1 is 1.14 bits per heavy atom. The molecule has 1 saturated heterocycles. The first-order valence-electron chi connectivity index (χ1n) is 10.6. The second-order valence-corrected chi connectivity index (χ2v) is 7.84. The Balaban J connectivity index is 0.00000729. The molecule has 1 aliphatic heterocycles. The molecule has 0 aromatic rings. The van der Waals surface area contributed by atoms with Crippen molar-refractivity contribution in [3.8, 4) is 0 Å². The summed E-state index contributed by atoms with van der Waals surface area (Å²) < 4.78 is 0. The van der Waals surface area contributed by atoms with Crippen LogP contribution >= 0.6 is 24.0 Å². The number of carbonyl (C=O) groups is 1. The van der Waals surface area contributed by atoms with E-state index in [4.69, 9.17) is 4.99 Å². The molecule has 3 N–H and O–H groups in total. The van der Waals surface area contributed by atoms with Crippen LogP contribution < -0.4 is 10.6 Å². The van der Waals surface area contributed by atoms with Crippen molar-refractivity contribution in [1.82, 2.24) is 20.4 Å². The van der Waals surface area contributed by atoms with E-state index >= 15 is 0 Å². The van der Waals surface area contributed by atoms with E-state index in [1.54, 1.807) is 0 Å². The van der Waals surface area contributed by atoms with E-state index in [-0.39, 0.29) is 47.9 Å². The number of hydrogen-bond donors (Lipinski definition) is 3.